The SMILES string of the molecule is COc1ccc(C)cc1C=CCCO. The second-order valence-corrected chi connectivity index (χ2v) is 3.16. The van der Waals surface area contributed by atoms with Gasteiger partial charge in [0.2, 0.25) is 0 Å². The van der Waals surface area contributed by atoms with Crippen LogP contribution < -0.4 is 4.74 Å². The van der Waals surface area contributed by atoms with E-state index < -0.39 is 0 Å². The standard InChI is InChI=1S/C12H16O2/c1-10-6-7-12(14-2)11(9-10)5-3-4-8-13/h3,5-7,9,13H,4,8H2,1-2H3. The molecule has 0 bridgehead atoms. The summed E-state index contributed by atoms with van der Waals surface area (Å²) in [5.74, 6) is 0.866. The molecule has 0 atom stereocenters. The van der Waals surface area contributed by atoms with Gasteiger partial charge in [-0.3, -0.25) is 0 Å². The first-order chi connectivity index (χ1) is 6.77. The van der Waals surface area contributed by atoms with Crippen molar-refractivity contribution in [2.24, 2.45) is 0 Å². The molecule has 1 rings (SSSR count). The Morgan fingerprint density at radius 1 is 1.43 bits per heavy atom. The number of rotatable bonds is 4. The summed E-state index contributed by atoms with van der Waals surface area (Å²) in [4.78, 5) is 0. The van der Waals surface area contributed by atoms with Crippen molar-refractivity contribution in [2.45, 2.75) is 13.3 Å². The van der Waals surface area contributed by atoms with E-state index in [4.69, 9.17) is 9.84 Å². The van der Waals surface area contributed by atoms with Crippen molar-refractivity contribution in [1.29, 1.82) is 0 Å². The zero-order valence-corrected chi connectivity index (χ0v) is 8.66. The maximum absolute atomic E-state index is 8.64. The van der Waals surface area contributed by atoms with Gasteiger partial charge in [-0.1, -0.05) is 23.8 Å². The van der Waals surface area contributed by atoms with Gasteiger partial charge < -0.3 is 9.84 Å². The molecule has 2 heteroatoms. The zero-order valence-electron chi connectivity index (χ0n) is 8.66. The minimum Gasteiger partial charge on any atom is -0.496 e. The van der Waals surface area contributed by atoms with Crippen LogP contribution in [0.5, 0.6) is 5.75 Å². The summed E-state index contributed by atoms with van der Waals surface area (Å²) in [5, 5.41) is 8.64. The zero-order chi connectivity index (χ0) is 10.4. The molecule has 1 N–H and O–H groups in total. The van der Waals surface area contributed by atoms with Crippen molar-refractivity contribution in [2.75, 3.05) is 13.7 Å². The summed E-state index contributed by atoms with van der Waals surface area (Å²) in [7, 11) is 1.66. The third-order valence-corrected chi connectivity index (χ3v) is 1.98. The van der Waals surface area contributed by atoms with Crippen LogP contribution in [-0.4, -0.2) is 18.8 Å². The predicted molar refractivity (Wildman–Crippen MR) is 58.5 cm³/mol. The van der Waals surface area contributed by atoms with E-state index in [9.17, 15) is 0 Å². The van der Waals surface area contributed by atoms with Crippen LogP contribution in [0.1, 0.15) is 17.5 Å². The van der Waals surface area contributed by atoms with E-state index in [2.05, 4.69) is 6.07 Å². The Kier molecular flexibility index (Phi) is 4.20. The van der Waals surface area contributed by atoms with Gasteiger partial charge in [-0.2, -0.15) is 0 Å². The number of aliphatic hydroxyl groups excluding tert-OH is 1. The minimum absolute atomic E-state index is 0.185. The predicted octanol–water partition coefficient (Wildman–Crippen LogP) is 2.40. The highest BCUT2D eigenvalue weighted by Crippen LogP contribution is 2.20. The van der Waals surface area contributed by atoms with Crippen LogP contribution in [0.4, 0.5) is 0 Å². The maximum atomic E-state index is 8.64. The highest BCUT2D eigenvalue weighted by atomic mass is 16.5. The van der Waals surface area contributed by atoms with Crippen molar-refractivity contribution in [1.82, 2.24) is 0 Å². The second-order valence-electron chi connectivity index (χ2n) is 3.16. The van der Waals surface area contributed by atoms with Crippen molar-refractivity contribution in [3.05, 3.63) is 35.4 Å². The largest absolute Gasteiger partial charge is 0.496 e. The Bertz CT molecular complexity index is 316. The summed E-state index contributed by atoms with van der Waals surface area (Å²) in [6.07, 6.45) is 4.59. The molecule has 0 aliphatic rings. The molecule has 14 heavy (non-hydrogen) atoms. The van der Waals surface area contributed by atoms with Crippen LogP contribution in [-0.2, 0) is 0 Å². The van der Waals surface area contributed by atoms with Crippen LogP contribution in [0.15, 0.2) is 24.3 Å². The van der Waals surface area contributed by atoms with Gasteiger partial charge in [-0.25, -0.2) is 0 Å². The number of ether oxygens (including phenoxy) is 1. The lowest BCUT2D eigenvalue weighted by Gasteiger charge is -2.05. The highest BCUT2D eigenvalue weighted by Gasteiger charge is 1.98. The molecule has 76 valence electrons. The number of benzene rings is 1. The number of methoxy groups -OCH3 is 1. The van der Waals surface area contributed by atoms with Crippen LogP contribution in [0.2, 0.25) is 0 Å². The van der Waals surface area contributed by atoms with Crippen LogP contribution in [0, 0.1) is 6.92 Å². The fourth-order valence-electron chi connectivity index (χ4n) is 1.27. The molecular weight excluding hydrogens is 176 g/mol. The Balaban J connectivity index is 2.87. The first-order valence-electron chi connectivity index (χ1n) is 4.70. The Morgan fingerprint density at radius 3 is 2.86 bits per heavy atom. The normalized spacial score (nSPS) is 10.8. The monoisotopic (exact) mass is 192 g/mol. The third kappa shape index (κ3) is 2.89. The van der Waals surface area contributed by atoms with Crippen molar-refractivity contribution in [3.8, 4) is 5.75 Å². The number of hydrogen-bond donors (Lipinski definition) is 1. The topological polar surface area (TPSA) is 29.5 Å². The van der Waals surface area contributed by atoms with Gasteiger partial charge in [0.15, 0.2) is 0 Å². The van der Waals surface area contributed by atoms with Gasteiger partial charge >= 0.3 is 0 Å². The molecule has 2 nitrogen and oxygen atoms in total. The molecular formula is C12H16O2. The third-order valence-electron chi connectivity index (χ3n) is 1.98. The van der Waals surface area contributed by atoms with Gasteiger partial charge in [0.25, 0.3) is 0 Å². The highest BCUT2D eigenvalue weighted by molar-refractivity contribution is 5.58. The Morgan fingerprint density at radius 2 is 2.21 bits per heavy atom. The molecule has 1 aromatic rings. The molecule has 0 saturated heterocycles. The van der Waals surface area contributed by atoms with Crippen LogP contribution in [0.25, 0.3) is 6.08 Å². The van der Waals surface area contributed by atoms with Gasteiger partial charge in [0.05, 0.1) is 7.11 Å². The average Bonchev–Trinajstić information content (AvgIpc) is 2.19. The van der Waals surface area contributed by atoms with Gasteiger partial charge in [-0.05, 0) is 25.5 Å². The Labute approximate surface area is 84.8 Å². The van der Waals surface area contributed by atoms with Crippen LogP contribution in [0.3, 0.4) is 0 Å². The van der Waals surface area contributed by atoms with E-state index in [-0.39, 0.29) is 6.61 Å². The molecule has 0 aromatic heterocycles. The lowest BCUT2D eigenvalue weighted by atomic mass is 10.1. The first kappa shape index (κ1) is 10.8. The molecule has 0 amide bonds. The summed E-state index contributed by atoms with van der Waals surface area (Å²) < 4.78 is 5.22. The number of aliphatic hydroxyl groups is 1. The molecule has 0 fully saturated rings. The van der Waals surface area contributed by atoms with E-state index in [1.807, 2.05) is 31.2 Å². The molecule has 0 aliphatic carbocycles. The molecule has 1 aromatic carbocycles. The van der Waals surface area contributed by atoms with Gasteiger partial charge in [0.1, 0.15) is 5.75 Å². The summed E-state index contributed by atoms with van der Waals surface area (Å²) >= 11 is 0. The van der Waals surface area contributed by atoms with Crippen molar-refractivity contribution >= 4 is 6.08 Å². The Hall–Kier alpha value is -1.28. The van der Waals surface area contributed by atoms with E-state index >= 15 is 0 Å². The fourth-order valence-corrected chi connectivity index (χ4v) is 1.27. The quantitative estimate of drug-likeness (QED) is 0.793. The molecule has 0 unspecified atom stereocenters. The van der Waals surface area contributed by atoms with Crippen molar-refractivity contribution in [3.63, 3.8) is 0 Å². The van der Waals surface area contributed by atoms with Gasteiger partial charge in [0, 0.05) is 12.2 Å². The fraction of sp³-hybridized carbons (Fsp3) is 0.333. The van der Waals surface area contributed by atoms with E-state index in [1.165, 1.54) is 5.56 Å². The maximum Gasteiger partial charge on any atom is 0.126 e. The van der Waals surface area contributed by atoms with E-state index in [0.717, 1.165) is 11.3 Å². The van der Waals surface area contributed by atoms with Crippen LogP contribution >= 0.6 is 0 Å². The molecule has 0 spiro atoms. The number of hydrogen-bond acceptors (Lipinski definition) is 2. The van der Waals surface area contributed by atoms with E-state index in [1.54, 1.807) is 7.11 Å². The molecule has 0 aliphatic heterocycles. The summed E-state index contributed by atoms with van der Waals surface area (Å²) in [5.41, 5.74) is 2.26. The van der Waals surface area contributed by atoms with Crippen molar-refractivity contribution < 1.29 is 9.84 Å². The van der Waals surface area contributed by atoms with Gasteiger partial charge in [-0.15, -0.1) is 0 Å². The van der Waals surface area contributed by atoms with E-state index in [0.29, 0.717) is 6.42 Å². The lowest BCUT2D eigenvalue weighted by molar-refractivity contribution is 0.303. The average molecular weight is 192 g/mol. The lowest BCUT2D eigenvalue weighted by Crippen LogP contribution is -1.87. The summed E-state index contributed by atoms with van der Waals surface area (Å²) in [6, 6.07) is 6.03. The number of aryl methyl sites for hydroxylation is 1. The first-order valence-corrected chi connectivity index (χ1v) is 4.70. The second kappa shape index (κ2) is 5.45. The molecule has 0 saturated carbocycles. The molecule has 0 heterocycles. The molecule has 0 radical (unpaired) electrons. The minimum atomic E-state index is 0.185. The summed E-state index contributed by atoms with van der Waals surface area (Å²) in [6.45, 7) is 2.23. The smallest absolute Gasteiger partial charge is 0.126 e.